The maximum absolute atomic E-state index is 12.3. The van der Waals surface area contributed by atoms with Crippen LogP contribution in [0.4, 0.5) is 5.69 Å². The zero-order chi connectivity index (χ0) is 21.3. The first kappa shape index (κ1) is 22.5. The van der Waals surface area contributed by atoms with Gasteiger partial charge >= 0.3 is 0 Å². The molecule has 8 nitrogen and oxygen atoms in total. The predicted octanol–water partition coefficient (Wildman–Crippen LogP) is 1.80. The summed E-state index contributed by atoms with van der Waals surface area (Å²) in [6.45, 7) is 0.643. The molecule has 0 saturated carbocycles. The van der Waals surface area contributed by atoms with Gasteiger partial charge in [-0.15, -0.1) is 0 Å². The van der Waals surface area contributed by atoms with Crippen molar-refractivity contribution >= 4 is 21.6 Å². The second-order valence-electron chi connectivity index (χ2n) is 6.20. The molecule has 0 aliphatic heterocycles. The van der Waals surface area contributed by atoms with Crippen LogP contribution in [0, 0.1) is 0 Å². The van der Waals surface area contributed by atoms with E-state index in [1.165, 1.54) is 20.3 Å². The number of nitrogens with zero attached hydrogens (tertiary/aromatic N) is 1. The van der Waals surface area contributed by atoms with Crippen LogP contribution in [0.1, 0.15) is 5.56 Å². The van der Waals surface area contributed by atoms with Gasteiger partial charge in [0.15, 0.2) is 0 Å². The van der Waals surface area contributed by atoms with Crippen molar-refractivity contribution < 1.29 is 27.4 Å². The molecule has 0 aliphatic rings. The summed E-state index contributed by atoms with van der Waals surface area (Å²) in [6, 6.07) is 14.4. The molecule has 0 aliphatic carbocycles. The van der Waals surface area contributed by atoms with E-state index in [0.29, 0.717) is 19.0 Å². The molecule has 158 valence electrons. The van der Waals surface area contributed by atoms with E-state index in [1.54, 1.807) is 12.1 Å². The summed E-state index contributed by atoms with van der Waals surface area (Å²) < 4.78 is 41.4. The van der Waals surface area contributed by atoms with Crippen molar-refractivity contribution in [3.63, 3.8) is 0 Å². The van der Waals surface area contributed by atoms with Crippen molar-refractivity contribution in [3.05, 3.63) is 54.1 Å². The van der Waals surface area contributed by atoms with Crippen molar-refractivity contribution in [2.75, 3.05) is 44.5 Å². The molecule has 0 unspecified atom stereocenters. The van der Waals surface area contributed by atoms with Gasteiger partial charge in [0.25, 0.3) is 0 Å². The Morgan fingerprint density at radius 1 is 1.07 bits per heavy atom. The van der Waals surface area contributed by atoms with Crippen molar-refractivity contribution in [3.8, 4) is 11.5 Å². The van der Waals surface area contributed by atoms with Gasteiger partial charge in [0.05, 0.1) is 39.4 Å². The minimum absolute atomic E-state index is 0.256. The minimum atomic E-state index is -3.72. The summed E-state index contributed by atoms with van der Waals surface area (Å²) in [5, 5.41) is 2.67. The van der Waals surface area contributed by atoms with Crippen LogP contribution in [0.2, 0.25) is 0 Å². The number of carbonyl (C=O) groups is 1. The smallest absolute Gasteiger partial charge is 0.240 e. The van der Waals surface area contributed by atoms with E-state index in [1.807, 2.05) is 30.3 Å². The van der Waals surface area contributed by atoms with Crippen LogP contribution < -0.4 is 19.1 Å². The first-order chi connectivity index (χ1) is 13.8. The Kier molecular flexibility index (Phi) is 8.29. The number of carbonyl (C=O) groups excluding carboxylic acids is 1. The second-order valence-corrected chi connectivity index (χ2v) is 8.10. The van der Waals surface area contributed by atoms with E-state index in [4.69, 9.17) is 14.2 Å². The number of methoxy groups -OCH3 is 2. The van der Waals surface area contributed by atoms with Crippen LogP contribution in [0.3, 0.4) is 0 Å². The summed E-state index contributed by atoms with van der Waals surface area (Å²) in [5.74, 6) is 0.351. The first-order valence-electron chi connectivity index (χ1n) is 8.93. The maximum Gasteiger partial charge on any atom is 0.240 e. The third-order valence-corrected chi connectivity index (χ3v) is 5.15. The molecule has 2 rings (SSSR count). The zero-order valence-electron chi connectivity index (χ0n) is 16.8. The standard InChI is InChI=1S/C20H26N2O6S/c1-26-17-9-10-18(19(13-17)27-2)22(29(3,24)25)14-20(23)21-11-12-28-15-16-7-5-4-6-8-16/h4-10,13H,11-12,14-15H2,1-3H3,(H,21,23). The lowest BCUT2D eigenvalue weighted by Crippen LogP contribution is -2.41. The fraction of sp³-hybridized carbons (Fsp3) is 0.350. The molecule has 0 atom stereocenters. The van der Waals surface area contributed by atoms with Gasteiger partial charge in [0.2, 0.25) is 15.9 Å². The highest BCUT2D eigenvalue weighted by Gasteiger charge is 2.24. The molecule has 29 heavy (non-hydrogen) atoms. The monoisotopic (exact) mass is 422 g/mol. The molecule has 2 aromatic carbocycles. The van der Waals surface area contributed by atoms with E-state index in [-0.39, 0.29) is 24.5 Å². The second kappa shape index (κ2) is 10.7. The average molecular weight is 423 g/mol. The molecule has 0 heterocycles. The molecule has 0 bridgehead atoms. The zero-order valence-corrected chi connectivity index (χ0v) is 17.6. The van der Waals surface area contributed by atoms with Gasteiger partial charge in [-0.25, -0.2) is 8.42 Å². The Bertz CT molecular complexity index is 902. The predicted molar refractivity (Wildman–Crippen MR) is 111 cm³/mol. The number of hydrogen-bond donors (Lipinski definition) is 1. The lowest BCUT2D eigenvalue weighted by molar-refractivity contribution is -0.119. The highest BCUT2D eigenvalue weighted by molar-refractivity contribution is 7.92. The Morgan fingerprint density at radius 3 is 2.41 bits per heavy atom. The van der Waals surface area contributed by atoms with Crippen molar-refractivity contribution in [1.29, 1.82) is 0 Å². The lowest BCUT2D eigenvalue weighted by atomic mass is 10.2. The van der Waals surface area contributed by atoms with Gasteiger partial charge in [-0.3, -0.25) is 9.10 Å². The van der Waals surface area contributed by atoms with Crippen LogP contribution >= 0.6 is 0 Å². The van der Waals surface area contributed by atoms with Gasteiger partial charge in [-0.2, -0.15) is 0 Å². The SMILES string of the molecule is COc1ccc(N(CC(=O)NCCOCc2ccccc2)S(C)(=O)=O)c(OC)c1. The highest BCUT2D eigenvalue weighted by Crippen LogP contribution is 2.33. The fourth-order valence-corrected chi connectivity index (χ4v) is 3.45. The molecule has 0 aromatic heterocycles. The summed E-state index contributed by atoms with van der Waals surface area (Å²) in [7, 11) is -0.800. The van der Waals surface area contributed by atoms with Gasteiger partial charge in [-0.05, 0) is 17.7 Å². The molecular formula is C20H26N2O6S. The van der Waals surface area contributed by atoms with E-state index in [9.17, 15) is 13.2 Å². The summed E-state index contributed by atoms with van der Waals surface area (Å²) in [4.78, 5) is 12.3. The van der Waals surface area contributed by atoms with Crippen LogP contribution in [-0.2, 0) is 26.2 Å². The molecule has 1 N–H and O–H groups in total. The quantitative estimate of drug-likeness (QED) is 0.555. The number of sulfonamides is 1. The fourth-order valence-electron chi connectivity index (χ4n) is 2.59. The van der Waals surface area contributed by atoms with Crippen molar-refractivity contribution in [1.82, 2.24) is 5.32 Å². The van der Waals surface area contributed by atoms with E-state index in [0.717, 1.165) is 16.1 Å². The van der Waals surface area contributed by atoms with Crippen LogP contribution in [-0.4, -0.2) is 54.5 Å². The van der Waals surface area contributed by atoms with E-state index >= 15 is 0 Å². The Morgan fingerprint density at radius 2 is 1.79 bits per heavy atom. The Balaban J connectivity index is 1.94. The minimum Gasteiger partial charge on any atom is -0.497 e. The normalized spacial score (nSPS) is 11.0. The van der Waals surface area contributed by atoms with Gasteiger partial charge < -0.3 is 19.5 Å². The molecule has 0 spiro atoms. The van der Waals surface area contributed by atoms with Crippen molar-refractivity contribution in [2.45, 2.75) is 6.61 Å². The molecule has 9 heteroatoms. The molecule has 0 fully saturated rings. The molecule has 1 amide bonds. The Hall–Kier alpha value is -2.78. The summed E-state index contributed by atoms with van der Waals surface area (Å²) >= 11 is 0. The summed E-state index contributed by atoms with van der Waals surface area (Å²) in [6.07, 6.45) is 1.03. The largest absolute Gasteiger partial charge is 0.497 e. The number of amides is 1. The first-order valence-corrected chi connectivity index (χ1v) is 10.8. The number of anilines is 1. The molecule has 0 saturated heterocycles. The average Bonchev–Trinajstić information content (AvgIpc) is 2.71. The van der Waals surface area contributed by atoms with E-state index < -0.39 is 15.9 Å². The Labute approximate surface area is 171 Å². The number of ether oxygens (including phenoxy) is 3. The topological polar surface area (TPSA) is 94.2 Å². The van der Waals surface area contributed by atoms with Crippen LogP contribution in [0.25, 0.3) is 0 Å². The van der Waals surface area contributed by atoms with Crippen molar-refractivity contribution in [2.24, 2.45) is 0 Å². The van der Waals surface area contributed by atoms with Crippen LogP contribution in [0.15, 0.2) is 48.5 Å². The third kappa shape index (κ3) is 6.95. The number of benzene rings is 2. The molecule has 0 radical (unpaired) electrons. The third-order valence-electron chi connectivity index (χ3n) is 4.02. The molecule has 2 aromatic rings. The molecular weight excluding hydrogens is 396 g/mol. The highest BCUT2D eigenvalue weighted by atomic mass is 32.2. The van der Waals surface area contributed by atoms with Crippen LogP contribution in [0.5, 0.6) is 11.5 Å². The maximum atomic E-state index is 12.3. The summed E-state index contributed by atoms with van der Waals surface area (Å²) in [5.41, 5.74) is 1.29. The number of nitrogens with one attached hydrogen (secondary N) is 1. The lowest BCUT2D eigenvalue weighted by Gasteiger charge is -2.24. The van der Waals surface area contributed by atoms with Gasteiger partial charge in [0.1, 0.15) is 18.0 Å². The number of hydrogen-bond acceptors (Lipinski definition) is 6. The van der Waals surface area contributed by atoms with Gasteiger partial charge in [-0.1, -0.05) is 30.3 Å². The van der Waals surface area contributed by atoms with E-state index in [2.05, 4.69) is 5.32 Å². The number of rotatable bonds is 11. The van der Waals surface area contributed by atoms with Gasteiger partial charge in [0, 0.05) is 12.6 Å².